The molecule has 0 fully saturated rings. The predicted octanol–water partition coefficient (Wildman–Crippen LogP) is 2.01. The molecule has 106 valence electrons. The minimum atomic E-state index is -0.555. The second kappa shape index (κ2) is 6.57. The molecule has 4 nitrogen and oxygen atoms in total. The maximum absolute atomic E-state index is 11.9. The highest BCUT2D eigenvalue weighted by molar-refractivity contribution is 5.85. The third-order valence-corrected chi connectivity index (χ3v) is 3.18. The fourth-order valence-electron chi connectivity index (χ4n) is 1.66. The third kappa shape index (κ3) is 4.24. The number of nitrogens with one attached hydrogen (secondary N) is 2. The molecule has 0 aromatic heterocycles. The van der Waals surface area contributed by atoms with E-state index in [1.165, 1.54) is 0 Å². The molecular formula is C15H24N2O2. The maximum Gasteiger partial charge on any atom is 0.239 e. The lowest BCUT2D eigenvalue weighted by Gasteiger charge is -2.22. The van der Waals surface area contributed by atoms with Crippen LogP contribution in [-0.2, 0) is 11.3 Å². The van der Waals surface area contributed by atoms with Crippen molar-refractivity contribution in [2.24, 2.45) is 0 Å². The molecule has 0 unspecified atom stereocenters. The molecular weight excluding hydrogens is 240 g/mol. The number of ether oxygens (including phenoxy) is 1. The quantitative estimate of drug-likeness (QED) is 0.826. The summed E-state index contributed by atoms with van der Waals surface area (Å²) in [6, 6.07) is 5.96. The van der Waals surface area contributed by atoms with Gasteiger partial charge in [-0.15, -0.1) is 0 Å². The first kappa shape index (κ1) is 15.5. The molecule has 0 spiro atoms. The SMILES string of the molecule is CCOc1ccc(CNC(=O)C(C)(C)NC)cc1C. The van der Waals surface area contributed by atoms with Gasteiger partial charge in [0.2, 0.25) is 5.91 Å². The van der Waals surface area contributed by atoms with Crippen LogP contribution in [0, 0.1) is 6.92 Å². The number of carbonyl (C=O) groups excluding carboxylic acids is 1. The van der Waals surface area contributed by atoms with Crippen LogP contribution in [0.5, 0.6) is 5.75 Å². The smallest absolute Gasteiger partial charge is 0.239 e. The Labute approximate surface area is 115 Å². The third-order valence-electron chi connectivity index (χ3n) is 3.18. The predicted molar refractivity (Wildman–Crippen MR) is 77.3 cm³/mol. The molecule has 0 aliphatic carbocycles. The van der Waals surface area contributed by atoms with Crippen molar-refractivity contribution in [3.63, 3.8) is 0 Å². The number of hydrogen-bond donors (Lipinski definition) is 2. The van der Waals surface area contributed by atoms with Gasteiger partial charge in [0.15, 0.2) is 0 Å². The van der Waals surface area contributed by atoms with Gasteiger partial charge < -0.3 is 15.4 Å². The highest BCUT2D eigenvalue weighted by Crippen LogP contribution is 2.19. The average Bonchev–Trinajstić information content (AvgIpc) is 2.39. The minimum absolute atomic E-state index is 0.0125. The van der Waals surface area contributed by atoms with E-state index in [0.717, 1.165) is 16.9 Å². The Morgan fingerprint density at radius 2 is 2.05 bits per heavy atom. The summed E-state index contributed by atoms with van der Waals surface area (Å²) in [5, 5.41) is 5.91. The summed E-state index contributed by atoms with van der Waals surface area (Å²) in [6.07, 6.45) is 0. The van der Waals surface area contributed by atoms with Crippen molar-refractivity contribution in [3.8, 4) is 5.75 Å². The second-order valence-electron chi connectivity index (χ2n) is 5.09. The first-order valence-electron chi connectivity index (χ1n) is 6.60. The van der Waals surface area contributed by atoms with E-state index in [-0.39, 0.29) is 5.91 Å². The summed E-state index contributed by atoms with van der Waals surface area (Å²) in [6.45, 7) is 8.86. The van der Waals surface area contributed by atoms with Crippen molar-refractivity contribution in [2.75, 3.05) is 13.7 Å². The van der Waals surface area contributed by atoms with E-state index in [1.54, 1.807) is 7.05 Å². The molecule has 0 heterocycles. The van der Waals surface area contributed by atoms with Gasteiger partial charge in [-0.1, -0.05) is 12.1 Å². The topological polar surface area (TPSA) is 50.4 Å². The molecule has 0 radical (unpaired) electrons. The zero-order valence-corrected chi connectivity index (χ0v) is 12.5. The van der Waals surface area contributed by atoms with Crippen LogP contribution in [0.4, 0.5) is 0 Å². The van der Waals surface area contributed by atoms with Gasteiger partial charge in [-0.2, -0.15) is 0 Å². The lowest BCUT2D eigenvalue weighted by atomic mass is 10.0. The van der Waals surface area contributed by atoms with Gasteiger partial charge in [-0.25, -0.2) is 0 Å². The number of hydrogen-bond acceptors (Lipinski definition) is 3. The number of rotatable bonds is 6. The Balaban J connectivity index is 2.64. The molecule has 0 bridgehead atoms. The zero-order chi connectivity index (χ0) is 14.5. The van der Waals surface area contributed by atoms with Crippen LogP contribution >= 0.6 is 0 Å². The van der Waals surface area contributed by atoms with Crippen molar-refractivity contribution in [3.05, 3.63) is 29.3 Å². The fraction of sp³-hybridized carbons (Fsp3) is 0.533. The Morgan fingerprint density at radius 1 is 1.37 bits per heavy atom. The van der Waals surface area contributed by atoms with Crippen LogP contribution in [0.2, 0.25) is 0 Å². The first-order chi connectivity index (χ1) is 8.90. The molecule has 19 heavy (non-hydrogen) atoms. The normalized spacial score (nSPS) is 11.2. The van der Waals surface area contributed by atoms with Gasteiger partial charge in [0, 0.05) is 6.54 Å². The van der Waals surface area contributed by atoms with Gasteiger partial charge in [0.25, 0.3) is 0 Å². The molecule has 0 saturated carbocycles. The number of likely N-dealkylation sites (N-methyl/N-ethyl adjacent to an activating group) is 1. The van der Waals surface area contributed by atoms with E-state index in [0.29, 0.717) is 13.2 Å². The van der Waals surface area contributed by atoms with Crippen molar-refractivity contribution < 1.29 is 9.53 Å². The lowest BCUT2D eigenvalue weighted by Crippen LogP contribution is -2.50. The van der Waals surface area contributed by atoms with E-state index >= 15 is 0 Å². The summed E-state index contributed by atoms with van der Waals surface area (Å²) in [5.74, 6) is 0.884. The van der Waals surface area contributed by atoms with E-state index in [9.17, 15) is 4.79 Å². The summed E-state index contributed by atoms with van der Waals surface area (Å²) < 4.78 is 5.49. The highest BCUT2D eigenvalue weighted by Gasteiger charge is 2.24. The number of amides is 1. The monoisotopic (exact) mass is 264 g/mol. The standard InChI is InChI=1S/C15H24N2O2/c1-6-19-13-8-7-12(9-11(13)2)10-17-14(18)15(3,4)16-5/h7-9,16H,6,10H2,1-5H3,(H,17,18). The number of benzene rings is 1. The summed E-state index contributed by atoms with van der Waals surface area (Å²) in [4.78, 5) is 11.9. The van der Waals surface area contributed by atoms with E-state index in [2.05, 4.69) is 10.6 Å². The largest absolute Gasteiger partial charge is 0.494 e. The molecule has 4 heteroatoms. The highest BCUT2D eigenvalue weighted by atomic mass is 16.5. The van der Waals surface area contributed by atoms with Gasteiger partial charge >= 0.3 is 0 Å². The number of aryl methyl sites for hydroxylation is 1. The van der Waals surface area contributed by atoms with Crippen LogP contribution in [0.1, 0.15) is 31.9 Å². The minimum Gasteiger partial charge on any atom is -0.494 e. The fourth-order valence-corrected chi connectivity index (χ4v) is 1.66. The first-order valence-corrected chi connectivity index (χ1v) is 6.60. The van der Waals surface area contributed by atoms with Gasteiger partial charge in [-0.05, 0) is 51.9 Å². The molecule has 0 aliphatic heterocycles. The van der Waals surface area contributed by atoms with E-state index in [4.69, 9.17) is 4.74 Å². The van der Waals surface area contributed by atoms with E-state index < -0.39 is 5.54 Å². The Kier molecular flexibility index (Phi) is 5.36. The van der Waals surface area contributed by atoms with Gasteiger partial charge in [0.1, 0.15) is 5.75 Å². The second-order valence-corrected chi connectivity index (χ2v) is 5.09. The zero-order valence-electron chi connectivity index (χ0n) is 12.5. The van der Waals surface area contributed by atoms with Crippen molar-refractivity contribution >= 4 is 5.91 Å². The molecule has 1 rings (SSSR count). The number of carbonyl (C=O) groups is 1. The van der Waals surface area contributed by atoms with Gasteiger partial charge in [0.05, 0.1) is 12.1 Å². The van der Waals surface area contributed by atoms with Crippen LogP contribution < -0.4 is 15.4 Å². The van der Waals surface area contributed by atoms with Crippen LogP contribution in [0.25, 0.3) is 0 Å². The van der Waals surface area contributed by atoms with Crippen LogP contribution in [-0.4, -0.2) is 25.1 Å². The van der Waals surface area contributed by atoms with Crippen LogP contribution in [0.15, 0.2) is 18.2 Å². The Hall–Kier alpha value is -1.55. The van der Waals surface area contributed by atoms with Crippen molar-refractivity contribution in [2.45, 2.75) is 39.8 Å². The van der Waals surface area contributed by atoms with Crippen molar-refractivity contribution in [1.29, 1.82) is 0 Å². The summed E-state index contributed by atoms with van der Waals surface area (Å²) in [5.41, 5.74) is 1.60. The summed E-state index contributed by atoms with van der Waals surface area (Å²) >= 11 is 0. The van der Waals surface area contributed by atoms with E-state index in [1.807, 2.05) is 45.9 Å². The molecule has 0 atom stereocenters. The molecule has 1 amide bonds. The van der Waals surface area contributed by atoms with Crippen LogP contribution in [0.3, 0.4) is 0 Å². The maximum atomic E-state index is 11.9. The molecule has 1 aromatic rings. The Bertz CT molecular complexity index is 442. The summed E-state index contributed by atoms with van der Waals surface area (Å²) in [7, 11) is 1.78. The van der Waals surface area contributed by atoms with Gasteiger partial charge in [-0.3, -0.25) is 4.79 Å². The molecule has 1 aromatic carbocycles. The average molecular weight is 264 g/mol. The molecule has 2 N–H and O–H groups in total. The molecule has 0 aliphatic rings. The molecule has 0 saturated heterocycles. The van der Waals surface area contributed by atoms with Crippen molar-refractivity contribution in [1.82, 2.24) is 10.6 Å². The lowest BCUT2D eigenvalue weighted by molar-refractivity contribution is -0.126. The Morgan fingerprint density at radius 3 is 2.58 bits per heavy atom.